The summed E-state index contributed by atoms with van der Waals surface area (Å²) < 4.78 is 16.5. The molecule has 0 spiro atoms. The molecule has 0 aliphatic rings. The van der Waals surface area contributed by atoms with Crippen molar-refractivity contribution in [2.75, 3.05) is 6.61 Å². The average molecular weight is 452 g/mol. The zero-order chi connectivity index (χ0) is 21.4. The Balaban J connectivity index is 1.68. The van der Waals surface area contributed by atoms with Gasteiger partial charge in [0.25, 0.3) is 0 Å². The fourth-order valence-electron chi connectivity index (χ4n) is 3.08. The number of rotatable bonds is 6. The highest BCUT2D eigenvalue weighted by molar-refractivity contribution is 6.36. The van der Waals surface area contributed by atoms with Crippen LogP contribution in [0, 0.1) is 5.82 Å². The molecule has 0 bridgehead atoms. The molecule has 1 aromatic carbocycles. The Morgan fingerprint density at radius 1 is 1.30 bits per heavy atom. The van der Waals surface area contributed by atoms with E-state index in [2.05, 4.69) is 15.1 Å². The molecule has 0 amide bonds. The van der Waals surface area contributed by atoms with Gasteiger partial charge in [0.2, 0.25) is 0 Å². The predicted octanol–water partition coefficient (Wildman–Crippen LogP) is 3.22. The third-order valence-electron chi connectivity index (χ3n) is 4.51. The molecular formula is C19H16Cl2FN5O3. The number of aromatic amines is 1. The molecule has 2 N–H and O–H groups in total. The Bertz CT molecular complexity index is 1280. The van der Waals surface area contributed by atoms with Crippen LogP contribution in [0.4, 0.5) is 4.39 Å². The molecule has 0 saturated carbocycles. The number of aliphatic hydroxyl groups excluding tert-OH is 1. The van der Waals surface area contributed by atoms with Crippen LogP contribution < -0.4 is 10.5 Å². The van der Waals surface area contributed by atoms with Crippen molar-refractivity contribution >= 4 is 34.4 Å². The third-order valence-corrected chi connectivity index (χ3v) is 5.22. The molecule has 0 saturated heterocycles. The standard InChI is InChI=1S/C19H16Cl2FN5O3/c1-10(16-12(20)2-3-13(22)17(16)21)30-27-15-5-4-14(24-18(15)25-19(27)29)11-8-23-26(9-11)6-7-28/h2-5,8-10,28H,6-7H2,1H3,(H,24,25,29). The summed E-state index contributed by atoms with van der Waals surface area (Å²) in [5.41, 5.74) is 1.69. The number of imidazole rings is 1. The molecule has 0 aliphatic heterocycles. The van der Waals surface area contributed by atoms with Crippen LogP contribution in [-0.2, 0) is 6.54 Å². The first-order valence-electron chi connectivity index (χ1n) is 8.95. The number of halogens is 3. The monoisotopic (exact) mass is 451 g/mol. The summed E-state index contributed by atoms with van der Waals surface area (Å²) in [5.74, 6) is -0.633. The summed E-state index contributed by atoms with van der Waals surface area (Å²) in [7, 11) is 0. The van der Waals surface area contributed by atoms with Crippen LogP contribution in [0.25, 0.3) is 22.4 Å². The zero-order valence-electron chi connectivity index (χ0n) is 15.6. The van der Waals surface area contributed by atoms with Crippen molar-refractivity contribution in [2.24, 2.45) is 0 Å². The van der Waals surface area contributed by atoms with Crippen molar-refractivity contribution in [3.8, 4) is 11.3 Å². The molecule has 1 atom stereocenters. The van der Waals surface area contributed by atoms with E-state index >= 15 is 0 Å². The maximum absolute atomic E-state index is 13.8. The minimum absolute atomic E-state index is 0.0291. The van der Waals surface area contributed by atoms with Gasteiger partial charge in [0.05, 0.1) is 30.1 Å². The van der Waals surface area contributed by atoms with Crippen LogP contribution in [0.1, 0.15) is 18.6 Å². The first kappa shape index (κ1) is 20.4. The molecule has 1 unspecified atom stereocenters. The van der Waals surface area contributed by atoms with E-state index in [1.54, 1.807) is 36.1 Å². The van der Waals surface area contributed by atoms with Gasteiger partial charge < -0.3 is 9.94 Å². The second-order valence-corrected chi connectivity index (χ2v) is 7.29. The molecule has 0 aliphatic carbocycles. The molecule has 4 aromatic rings. The summed E-state index contributed by atoms with van der Waals surface area (Å²) in [6, 6.07) is 5.91. The number of pyridine rings is 1. The van der Waals surface area contributed by atoms with Gasteiger partial charge in [-0.1, -0.05) is 23.2 Å². The van der Waals surface area contributed by atoms with Gasteiger partial charge >= 0.3 is 5.69 Å². The molecule has 4 rings (SSSR count). The van der Waals surface area contributed by atoms with Crippen LogP contribution in [0.3, 0.4) is 0 Å². The highest BCUT2D eigenvalue weighted by atomic mass is 35.5. The largest absolute Gasteiger partial charge is 0.401 e. The van der Waals surface area contributed by atoms with E-state index in [9.17, 15) is 9.18 Å². The Hall–Kier alpha value is -2.88. The van der Waals surface area contributed by atoms with Gasteiger partial charge in [-0.3, -0.25) is 9.67 Å². The van der Waals surface area contributed by atoms with Gasteiger partial charge in [-0.05, 0) is 31.2 Å². The number of nitrogens with one attached hydrogen (secondary N) is 1. The Morgan fingerprint density at radius 3 is 2.87 bits per heavy atom. The van der Waals surface area contributed by atoms with E-state index in [1.807, 2.05) is 0 Å². The second-order valence-electron chi connectivity index (χ2n) is 6.51. The van der Waals surface area contributed by atoms with Crippen LogP contribution in [0.5, 0.6) is 0 Å². The van der Waals surface area contributed by atoms with Crippen LogP contribution in [0.15, 0.2) is 41.5 Å². The van der Waals surface area contributed by atoms with Crippen molar-refractivity contribution in [3.05, 3.63) is 68.6 Å². The van der Waals surface area contributed by atoms with E-state index in [1.165, 1.54) is 6.07 Å². The topological polar surface area (TPSA) is 98.0 Å². The molecule has 3 heterocycles. The Labute approximate surface area is 179 Å². The number of hydrogen-bond acceptors (Lipinski definition) is 5. The normalized spacial score (nSPS) is 12.4. The lowest BCUT2D eigenvalue weighted by molar-refractivity contribution is 0.0492. The number of aliphatic hydroxyl groups is 1. The minimum Gasteiger partial charge on any atom is -0.401 e. The van der Waals surface area contributed by atoms with Gasteiger partial charge in [0.15, 0.2) is 11.8 Å². The van der Waals surface area contributed by atoms with E-state index in [0.717, 1.165) is 16.4 Å². The van der Waals surface area contributed by atoms with Crippen LogP contribution in [-0.4, -0.2) is 36.2 Å². The summed E-state index contributed by atoms with van der Waals surface area (Å²) in [6.07, 6.45) is 2.55. The highest BCUT2D eigenvalue weighted by Crippen LogP contribution is 2.33. The van der Waals surface area contributed by atoms with E-state index in [-0.39, 0.29) is 22.2 Å². The maximum Gasteiger partial charge on any atom is 0.360 e. The third kappa shape index (κ3) is 3.67. The molecule has 8 nitrogen and oxygen atoms in total. The van der Waals surface area contributed by atoms with Crippen molar-refractivity contribution < 1.29 is 14.3 Å². The fourth-order valence-corrected chi connectivity index (χ4v) is 3.76. The number of aromatic nitrogens is 5. The van der Waals surface area contributed by atoms with Crippen LogP contribution in [0.2, 0.25) is 10.0 Å². The lowest BCUT2D eigenvalue weighted by atomic mass is 10.1. The van der Waals surface area contributed by atoms with Gasteiger partial charge in [-0.2, -0.15) is 5.10 Å². The number of fused-ring (bicyclic) bond motifs is 1. The van der Waals surface area contributed by atoms with E-state index in [4.69, 9.17) is 33.1 Å². The second kappa shape index (κ2) is 8.10. The van der Waals surface area contributed by atoms with Gasteiger partial charge in [0.1, 0.15) is 11.3 Å². The molecule has 11 heteroatoms. The van der Waals surface area contributed by atoms with Gasteiger partial charge in [0, 0.05) is 22.3 Å². The Morgan fingerprint density at radius 2 is 2.10 bits per heavy atom. The fraction of sp³-hybridized carbons (Fsp3) is 0.211. The van der Waals surface area contributed by atoms with E-state index in [0.29, 0.717) is 23.4 Å². The summed E-state index contributed by atoms with van der Waals surface area (Å²) in [6.45, 7) is 1.94. The molecular weight excluding hydrogens is 436 g/mol. The van der Waals surface area contributed by atoms with Gasteiger partial charge in [-0.25, -0.2) is 14.2 Å². The minimum atomic E-state index is -0.811. The maximum atomic E-state index is 13.8. The lowest BCUT2D eigenvalue weighted by Gasteiger charge is -2.17. The van der Waals surface area contributed by atoms with Gasteiger partial charge in [-0.15, -0.1) is 4.73 Å². The van der Waals surface area contributed by atoms with Crippen molar-refractivity contribution in [1.82, 2.24) is 24.5 Å². The number of H-pyrrole nitrogens is 1. The van der Waals surface area contributed by atoms with Crippen molar-refractivity contribution in [2.45, 2.75) is 19.6 Å². The predicted molar refractivity (Wildman–Crippen MR) is 110 cm³/mol. The van der Waals surface area contributed by atoms with Crippen molar-refractivity contribution in [3.63, 3.8) is 0 Å². The average Bonchev–Trinajstić information content (AvgIpc) is 3.30. The van der Waals surface area contributed by atoms with Crippen LogP contribution >= 0.6 is 23.2 Å². The quantitative estimate of drug-likeness (QED) is 0.438. The first-order valence-corrected chi connectivity index (χ1v) is 9.70. The summed E-state index contributed by atoms with van der Waals surface area (Å²) in [5, 5.41) is 13.2. The SMILES string of the molecule is CC(On1c(=O)[nH]c2nc(-c3cnn(CCO)c3)ccc21)c1c(Cl)ccc(F)c1Cl. The number of benzene rings is 1. The molecule has 3 aromatic heterocycles. The summed E-state index contributed by atoms with van der Waals surface area (Å²) >= 11 is 12.2. The molecule has 156 valence electrons. The molecule has 30 heavy (non-hydrogen) atoms. The highest BCUT2D eigenvalue weighted by Gasteiger charge is 2.21. The first-order chi connectivity index (χ1) is 14.4. The number of hydrogen-bond donors (Lipinski definition) is 2. The van der Waals surface area contributed by atoms with Crippen molar-refractivity contribution in [1.29, 1.82) is 0 Å². The number of nitrogens with zero attached hydrogens (tertiary/aromatic N) is 4. The van der Waals surface area contributed by atoms with E-state index < -0.39 is 17.6 Å². The molecule has 0 fully saturated rings. The molecule has 0 radical (unpaired) electrons. The summed E-state index contributed by atoms with van der Waals surface area (Å²) in [4.78, 5) is 25.2. The zero-order valence-corrected chi connectivity index (χ0v) is 17.2. The smallest absolute Gasteiger partial charge is 0.360 e. The lowest BCUT2D eigenvalue weighted by Crippen LogP contribution is -2.26. The Kier molecular flexibility index (Phi) is 5.50.